The third-order valence-corrected chi connectivity index (χ3v) is 3.03. The van der Waals surface area contributed by atoms with Crippen molar-refractivity contribution < 1.29 is 9.21 Å². The van der Waals surface area contributed by atoms with Crippen LogP contribution in [0.5, 0.6) is 0 Å². The molecular formula is C17H19N3O2. The van der Waals surface area contributed by atoms with Crippen molar-refractivity contribution >= 4 is 28.3 Å². The summed E-state index contributed by atoms with van der Waals surface area (Å²) in [6.45, 7) is 6.01. The number of primary amides is 1. The SMILES string of the molecule is CC.Cc1ccc(Nc2c(C(N)=O)oc3ccncc23)cc1. The van der Waals surface area contributed by atoms with Crippen LogP contribution in [0.25, 0.3) is 11.0 Å². The lowest BCUT2D eigenvalue weighted by Crippen LogP contribution is -2.11. The number of fused-ring (bicyclic) bond motifs is 1. The second-order valence-corrected chi connectivity index (χ2v) is 4.53. The van der Waals surface area contributed by atoms with E-state index in [1.165, 1.54) is 0 Å². The zero-order chi connectivity index (χ0) is 16.1. The lowest BCUT2D eigenvalue weighted by atomic mass is 10.2. The largest absolute Gasteiger partial charge is 0.448 e. The van der Waals surface area contributed by atoms with Crippen molar-refractivity contribution in [3.63, 3.8) is 0 Å². The van der Waals surface area contributed by atoms with Crippen LogP contribution in [0.3, 0.4) is 0 Å². The van der Waals surface area contributed by atoms with E-state index in [0.717, 1.165) is 16.6 Å². The summed E-state index contributed by atoms with van der Waals surface area (Å²) in [7, 11) is 0. The number of anilines is 2. The molecule has 0 aliphatic carbocycles. The molecule has 0 spiro atoms. The Bertz CT molecular complexity index is 776. The summed E-state index contributed by atoms with van der Waals surface area (Å²) in [6, 6.07) is 9.51. The molecule has 22 heavy (non-hydrogen) atoms. The maximum Gasteiger partial charge on any atom is 0.286 e. The average Bonchev–Trinajstić information content (AvgIpc) is 2.91. The van der Waals surface area contributed by atoms with Gasteiger partial charge in [0.1, 0.15) is 11.3 Å². The van der Waals surface area contributed by atoms with E-state index in [-0.39, 0.29) is 5.76 Å². The molecule has 0 radical (unpaired) electrons. The average molecular weight is 297 g/mol. The first-order valence-electron chi connectivity index (χ1n) is 7.15. The highest BCUT2D eigenvalue weighted by Gasteiger charge is 2.18. The van der Waals surface area contributed by atoms with Crippen LogP contribution in [0.4, 0.5) is 11.4 Å². The van der Waals surface area contributed by atoms with Gasteiger partial charge in [-0.1, -0.05) is 31.5 Å². The number of hydrogen-bond acceptors (Lipinski definition) is 4. The highest BCUT2D eigenvalue weighted by atomic mass is 16.3. The standard InChI is InChI=1S/C15H13N3O2.C2H6/c1-9-2-4-10(5-3-9)18-13-11-8-17-7-6-12(11)20-14(13)15(16)19;1-2/h2-8,18H,1H3,(H2,16,19);1-2H3. The number of hydrogen-bond donors (Lipinski definition) is 2. The van der Waals surface area contributed by atoms with Gasteiger partial charge >= 0.3 is 0 Å². The predicted molar refractivity (Wildman–Crippen MR) is 88.3 cm³/mol. The number of rotatable bonds is 3. The highest BCUT2D eigenvalue weighted by Crippen LogP contribution is 2.32. The number of nitrogens with one attached hydrogen (secondary N) is 1. The summed E-state index contributed by atoms with van der Waals surface area (Å²) in [4.78, 5) is 15.6. The lowest BCUT2D eigenvalue weighted by molar-refractivity contribution is 0.0977. The van der Waals surface area contributed by atoms with Crippen LogP contribution in [0.15, 0.2) is 47.1 Å². The minimum atomic E-state index is -0.615. The van der Waals surface area contributed by atoms with Crippen LogP contribution < -0.4 is 11.1 Å². The molecule has 3 rings (SSSR count). The summed E-state index contributed by atoms with van der Waals surface area (Å²) in [6.07, 6.45) is 3.24. The number of carbonyl (C=O) groups excluding carboxylic acids is 1. The van der Waals surface area contributed by atoms with Gasteiger partial charge in [-0.2, -0.15) is 0 Å². The molecule has 0 saturated heterocycles. The minimum Gasteiger partial charge on any atom is -0.448 e. The Morgan fingerprint density at radius 2 is 1.86 bits per heavy atom. The molecule has 0 bridgehead atoms. The number of nitrogens with zero attached hydrogens (tertiary/aromatic N) is 1. The van der Waals surface area contributed by atoms with Gasteiger partial charge in [0.15, 0.2) is 0 Å². The Morgan fingerprint density at radius 3 is 2.50 bits per heavy atom. The van der Waals surface area contributed by atoms with Gasteiger partial charge in [0, 0.05) is 18.1 Å². The number of benzene rings is 1. The Morgan fingerprint density at radius 1 is 1.18 bits per heavy atom. The number of aryl methyl sites for hydroxylation is 1. The number of pyridine rings is 1. The minimum absolute atomic E-state index is 0.105. The summed E-state index contributed by atoms with van der Waals surface area (Å²) in [5, 5.41) is 3.89. The summed E-state index contributed by atoms with van der Waals surface area (Å²) >= 11 is 0. The number of carbonyl (C=O) groups is 1. The van der Waals surface area contributed by atoms with Crippen molar-refractivity contribution in [1.29, 1.82) is 0 Å². The zero-order valence-corrected chi connectivity index (χ0v) is 12.9. The smallest absolute Gasteiger partial charge is 0.286 e. The molecule has 114 valence electrons. The van der Waals surface area contributed by atoms with Crippen LogP contribution in [-0.4, -0.2) is 10.9 Å². The van der Waals surface area contributed by atoms with Gasteiger partial charge in [-0.25, -0.2) is 0 Å². The van der Waals surface area contributed by atoms with E-state index in [9.17, 15) is 4.79 Å². The molecule has 0 fully saturated rings. The van der Waals surface area contributed by atoms with E-state index in [1.54, 1.807) is 18.5 Å². The Balaban J connectivity index is 0.000000847. The first-order valence-corrected chi connectivity index (χ1v) is 7.15. The van der Waals surface area contributed by atoms with Gasteiger partial charge in [0.05, 0.1) is 5.39 Å². The maximum atomic E-state index is 11.5. The first kappa shape index (κ1) is 15.6. The molecule has 2 heterocycles. The van der Waals surface area contributed by atoms with Crippen LogP contribution in [-0.2, 0) is 0 Å². The molecule has 3 aromatic rings. The quantitative estimate of drug-likeness (QED) is 0.765. The van der Waals surface area contributed by atoms with Crippen LogP contribution in [0.2, 0.25) is 0 Å². The summed E-state index contributed by atoms with van der Waals surface area (Å²) < 4.78 is 5.48. The summed E-state index contributed by atoms with van der Waals surface area (Å²) in [5.41, 5.74) is 8.49. The molecule has 1 amide bonds. The third-order valence-electron chi connectivity index (χ3n) is 3.03. The van der Waals surface area contributed by atoms with E-state index in [1.807, 2.05) is 45.0 Å². The van der Waals surface area contributed by atoms with E-state index < -0.39 is 5.91 Å². The maximum absolute atomic E-state index is 11.5. The molecule has 5 nitrogen and oxygen atoms in total. The molecular weight excluding hydrogens is 278 g/mol. The van der Waals surface area contributed by atoms with Crippen LogP contribution in [0, 0.1) is 6.92 Å². The first-order chi connectivity index (χ1) is 10.6. The van der Waals surface area contributed by atoms with E-state index >= 15 is 0 Å². The van der Waals surface area contributed by atoms with Gasteiger partial charge in [-0.15, -0.1) is 0 Å². The fraction of sp³-hybridized carbons (Fsp3) is 0.176. The monoisotopic (exact) mass is 297 g/mol. The number of furan rings is 1. The molecule has 0 atom stereocenters. The van der Waals surface area contributed by atoms with Crippen molar-refractivity contribution in [2.45, 2.75) is 20.8 Å². The van der Waals surface area contributed by atoms with Gasteiger partial charge in [-0.05, 0) is 25.1 Å². The number of nitrogens with two attached hydrogens (primary N) is 1. The van der Waals surface area contributed by atoms with Gasteiger partial charge in [-0.3, -0.25) is 9.78 Å². The molecule has 0 aliphatic rings. The zero-order valence-electron chi connectivity index (χ0n) is 12.9. The number of aromatic nitrogens is 1. The second-order valence-electron chi connectivity index (χ2n) is 4.53. The Hall–Kier alpha value is -2.82. The van der Waals surface area contributed by atoms with Gasteiger partial charge < -0.3 is 15.5 Å². The fourth-order valence-electron chi connectivity index (χ4n) is 2.02. The fourth-order valence-corrected chi connectivity index (χ4v) is 2.02. The van der Waals surface area contributed by atoms with E-state index in [2.05, 4.69) is 10.3 Å². The van der Waals surface area contributed by atoms with E-state index in [4.69, 9.17) is 10.2 Å². The lowest BCUT2D eigenvalue weighted by Gasteiger charge is -2.06. The van der Waals surface area contributed by atoms with Crippen molar-refractivity contribution in [3.8, 4) is 0 Å². The molecule has 5 heteroatoms. The van der Waals surface area contributed by atoms with Crippen molar-refractivity contribution in [2.24, 2.45) is 5.73 Å². The van der Waals surface area contributed by atoms with Gasteiger partial charge in [0.2, 0.25) is 5.76 Å². The van der Waals surface area contributed by atoms with Crippen molar-refractivity contribution in [2.75, 3.05) is 5.32 Å². The molecule has 2 aromatic heterocycles. The highest BCUT2D eigenvalue weighted by molar-refractivity contribution is 6.06. The number of amides is 1. The molecule has 3 N–H and O–H groups in total. The molecule has 0 unspecified atom stereocenters. The van der Waals surface area contributed by atoms with E-state index in [0.29, 0.717) is 11.3 Å². The third kappa shape index (κ3) is 3.09. The molecule has 0 saturated carbocycles. The molecule has 0 aliphatic heterocycles. The van der Waals surface area contributed by atoms with Crippen molar-refractivity contribution in [1.82, 2.24) is 4.98 Å². The predicted octanol–water partition coefficient (Wildman–Crippen LogP) is 4.00. The van der Waals surface area contributed by atoms with Crippen LogP contribution >= 0.6 is 0 Å². The van der Waals surface area contributed by atoms with Crippen LogP contribution in [0.1, 0.15) is 30.0 Å². The Labute approximate surface area is 129 Å². The topological polar surface area (TPSA) is 81.1 Å². The Kier molecular flexibility index (Phi) is 4.78. The second kappa shape index (κ2) is 6.76. The normalized spacial score (nSPS) is 9.95. The van der Waals surface area contributed by atoms with Crippen molar-refractivity contribution in [3.05, 3.63) is 54.0 Å². The molecule has 1 aromatic carbocycles. The van der Waals surface area contributed by atoms with Gasteiger partial charge in [0.25, 0.3) is 5.91 Å². The summed E-state index contributed by atoms with van der Waals surface area (Å²) in [5.74, 6) is -0.510.